The highest BCUT2D eigenvalue weighted by Crippen LogP contribution is 2.32. The van der Waals surface area contributed by atoms with Crippen molar-refractivity contribution < 1.29 is 4.79 Å². The fourth-order valence-electron chi connectivity index (χ4n) is 1.71. The molecule has 3 nitrogen and oxygen atoms in total. The second kappa shape index (κ2) is 6.39. The monoisotopic (exact) mass is 442 g/mol. The van der Waals surface area contributed by atoms with Gasteiger partial charge in [0.2, 0.25) is 0 Å². The van der Waals surface area contributed by atoms with Gasteiger partial charge in [0.15, 0.2) is 0 Å². The van der Waals surface area contributed by atoms with Gasteiger partial charge in [0.1, 0.15) is 5.01 Å². The molecule has 0 saturated heterocycles. The van der Waals surface area contributed by atoms with Crippen molar-refractivity contribution >= 4 is 66.1 Å². The van der Waals surface area contributed by atoms with Crippen molar-refractivity contribution in [3.63, 3.8) is 0 Å². The number of nitrogens with zero attached hydrogens (tertiary/aromatic N) is 1. The van der Waals surface area contributed by atoms with Crippen LogP contribution in [0.4, 0.5) is 5.69 Å². The molecule has 0 spiro atoms. The number of rotatable bonds is 3. The summed E-state index contributed by atoms with van der Waals surface area (Å²) in [5.74, 6) is -0.117. The molecule has 106 valence electrons. The standard InChI is InChI=1S/C14H8Br2N2OS2/c15-10-7-11(21-12(10)16)13(19)18-9-3-1-8(2-4-9)14-17-5-6-20-14/h1-7H,(H,18,19). The van der Waals surface area contributed by atoms with Gasteiger partial charge in [-0.2, -0.15) is 0 Å². The van der Waals surface area contributed by atoms with Crippen LogP contribution in [0.3, 0.4) is 0 Å². The Morgan fingerprint density at radius 3 is 2.52 bits per heavy atom. The summed E-state index contributed by atoms with van der Waals surface area (Å²) in [6.07, 6.45) is 1.78. The maximum atomic E-state index is 12.1. The molecule has 0 radical (unpaired) electrons. The molecule has 1 amide bonds. The third-order valence-electron chi connectivity index (χ3n) is 2.69. The first-order valence-electron chi connectivity index (χ1n) is 5.89. The van der Waals surface area contributed by atoms with Crippen molar-refractivity contribution in [3.05, 3.63) is 55.0 Å². The quantitative estimate of drug-likeness (QED) is 0.568. The largest absolute Gasteiger partial charge is 0.321 e. The Hall–Kier alpha value is -1.02. The van der Waals surface area contributed by atoms with E-state index in [0.29, 0.717) is 4.88 Å². The van der Waals surface area contributed by atoms with E-state index in [-0.39, 0.29) is 5.91 Å². The van der Waals surface area contributed by atoms with Gasteiger partial charge in [-0.25, -0.2) is 4.98 Å². The maximum Gasteiger partial charge on any atom is 0.265 e. The number of halogens is 2. The number of carbonyl (C=O) groups excluding carboxylic acids is 1. The molecule has 2 aromatic heterocycles. The minimum atomic E-state index is -0.117. The van der Waals surface area contributed by atoms with Crippen molar-refractivity contribution in [2.75, 3.05) is 5.32 Å². The molecule has 1 N–H and O–H groups in total. The molecular weight excluding hydrogens is 436 g/mol. The Morgan fingerprint density at radius 1 is 1.19 bits per heavy atom. The van der Waals surface area contributed by atoms with E-state index in [1.54, 1.807) is 23.6 Å². The van der Waals surface area contributed by atoms with Gasteiger partial charge in [0.05, 0.1) is 8.66 Å². The minimum absolute atomic E-state index is 0.117. The summed E-state index contributed by atoms with van der Waals surface area (Å²) >= 11 is 9.75. The number of carbonyl (C=O) groups is 1. The van der Waals surface area contributed by atoms with Crippen LogP contribution in [0.2, 0.25) is 0 Å². The van der Waals surface area contributed by atoms with Crippen molar-refractivity contribution in [1.29, 1.82) is 0 Å². The Morgan fingerprint density at radius 2 is 1.95 bits per heavy atom. The molecule has 0 atom stereocenters. The third-order valence-corrected chi connectivity index (χ3v) is 6.77. The van der Waals surface area contributed by atoms with Crippen LogP contribution in [0, 0.1) is 0 Å². The Bertz CT molecular complexity index is 747. The number of aromatic nitrogens is 1. The summed E-state index contributed by atoms with van der Waals surface area (Å²) in [6.45, 7) is 0. The van der Waals surface area contributed by atoms with Crippen LogP contribution in [-0.2, 0) is 0 Å². The molecule has 0 bridgehead atoms. The molecular formula is C14H8Br2N2OS2. The summed E-state index contributed by atoms with van der Waals surface area (Å²) < 4.78 is 1.79. The summed E-state index contributed by atoms with van der Waals surface area (Å²) in [4.78, 5) is 17.1. The smallest absolute Gasteiger partial charge is 0.265 e. The van der Waals surface area contributed by atoms with Crippen molar-refractivity contribution in [3.8, 4) is 10.6 Å². The van der Waals surface area contributed by atoms with Crippen molar-refractivity contribution in [1.82, 2.24) is 4.98 Å². The van der Waals surface area contributed by atoms with Gasteiger partial charge >= 0.3 is 0 Å². The van der Waals surface area contributed by atoms with Crippen LogP contribution in [-0.4, -0.2) is 10.9 Å². The lowest BCUT2D eigenvalue weighted by atomic mass is 10.2. The molecule has 0 fully saturated rings. The van der Waals surface area contributed by atoms with Gasteiger partial charge < -0.3 is 5.32 Å². The van der Waals surface area contributed by atoms with Crippen LogP contribution in [0.25, 0.3) is 10.6 Å². The fourth-order valence-corrected chi connectivity index (χ4v) is 4.29. The highest BCUT2D eigenvalue weighted by atomic mass is 79.9. The summed E-state index contributed by atoms with van der Waals surface area (Å²) in [7, 11) is 0. The van der Waals surface area contributed by atoms with Crippen molar-refractivity contribution in [2.24, 2.45) is 0 Å². The number of benzene rings is 1. The summed E-state index contributed by atoms with van der Waals surface area (Å²) in [6, 6.07) is 9.47. The van der Waals surface area contributed by atoms with Crippen LogP contribution in [0.15, 0.2) is 50.2 Å². The highest BCUT2D eigenvalue weighted by molar-refractivity contribution is 9.13. The number of thiophene rings is 1. The predicted octanol–water partition coefficient (Wildman–Crippen LogP) is 5.65. The molecule has 2 heterocycles. The number of anilines is 1. The van der Waals surface area contributed by atoms with Gasteiger partial charge in [-0.3, -0.25) is 4.79 Å². The van der Waals surface area contributed by atoms with Crippen LogP contribution in [0.1, 0.15) is 9.67 Å². The van der Waals surface area contributed by atoms with Gasteiger partial charge in [-0.1, -0.05) is 0 Å². The summed E-state index contributed by atoms with van der Waals surface area (Å²) in [5, 5.41) is 5.80. The van der Waals surface area contributed by atoms with E-state index in [1.165, 1.54) is 11.3 Å². The van der Waals surface area contributed by atoms with Gasteiger partial charge in [0, 0.05) is 27.3 Å². The number of hydrogen-bond acceptors (Lipinski definition) is 4. The minimum Gasteiger partial charge on any atom is -0.321 e. The van der Waals surface area contributed by atoms with E-state index in [4.69, 9.17) is 0 Å². The van der Waals surface area contributed by atoms with E-state index < -0.39 is 0 Å². The highest BCUT2D eigenvalue weighted by Gasteiger charge is 2.12. The average molecular weight is 444 g/mol. The first-order chi connectivity index (χ1) is 10.1. The van der Waals surface area contributed by atoms with E-state index in [9.17, 15) is 4.79 Å². The molecule has 0 aliphatic rings. The third kappa shape index (κ3) is 3.42. The zero-order valence-corrected chi connectivity index (χ0v) is 15.3. The van der Waals surface area contributed by atoms with E-state index in [0.717, 1.165) is 24.5 Å². The van der Waals surface area contributed by atoms with E-state index in [2.05, 4.69) is 42.2 Å². The lowest BCUT2D eigenvalue weighted by Crippen LogP contribution is -2.09. The van der Waals surface area contributed by atoms with Crippen LogP contribution < -0.4 is 5.32 Å². The molecule has 0 aliphatic carbocycles. The lowest BCUT2D eigenvalue weighted by molar-refractivity contribution is 0.103. The van der Waals surface area contributed by atoms with Crippen LogP contribution in [0.5, 0.6) is 0 Å². The first-order valence-corrected chi connectivity index (χ1v) is 9.18. The summed E-state index contributed by atoms with van der Waals surface area (Å²) in [5.41, 5.74) is 1.81. The van der Waals surface area contributed by atoms with E-state index >= 15 is 0 Å². The lowest BCUT2D eigenvalue weighted by Gasteiger charge is -2.04. The molecule has 7 heteroatoms. The van der Waals surface area contributed by atoms with Crippen LogP contribution >= 0.6 is 54.5 Å². The molecule has 3 rings (SSSR count). The SMILES string of the molecule is O=C(Nc1ccc(-c2nccs2)cc1)c1cc(Br)c(Br)s1. The Labute approximate surface area is 146 Å². The molecule has 1 aromatic carbocycles. The number of amides is 1. The normalized spacial score (nSPS) is 10.6. The van der Waals surface area contributed by atoms with Gasteiger partial charge in [-0.15, -0.1) is 22.7 Å². The molecule has 0 saturated carbocycles. The number of nitrogens with one attached hydrogen (secondary N) is 1. The first kappa shape index (κ1) is 14.9. The molecule has 0 aliphatic heterocycles. The Balaban J connectivity index is 1.74. The number of thiazole rings is 1. The molecule has 3 aromatic rings. The second-order valence-electron chi connectivity index (χ2n) is 4.10. The van der Waals surface area contributed by atoms with Gasteiger partial charge in [0.25, 0.3) is 5.91 Å². The zero-order valence-electron chi connectivity index (χ0n) is 10.5. The van der Waals surface area contributed by atoms with Crippen molar-refractivity contribution in [2.45, 2.75) is 0 Å². The topological polar surface area (TPSA) is 42.0 Å². The Kier molecular flexibility index (Phi) is 4.54. The number of hydrogen-bond donors (Lipinski definition) is 1. The van der Waals surface area contributed by atoms with Gasteiger partial charge in [-0.05, 0) is 62.2 Å². The molecule has 0 unspecified atom stereocenters. The second-order valence-corrected chi connectivity index (χ2v) is 8.22. The van der Waals surface area contributed by atoms with E-state index in [1.807, 2.05) is 29.6 Å². The zero-order chi connectivity index (χ0) is 14.8. The predicted molar refractivity (Wildman–Crippen MR) is 95.2 cm³/mol. The molecule has 21 heavy (non-hydrogen) atoms. The maximum absolute atomic E-state index is 12.1. The fraction of sp³-hybridized carbons (Fsp3) is 0. The average Bonchev–Trinajstić information content (AvgIpc) is 3.11.